The fourth-order valence-corrected chi connectivity index (χ4v) is 1.97. The monoisotopic (exact) mass is 308 g/mol. The van der Waals surface area contributed by atoms with Crippen molar-refractivity contribution in [2.75, 3.05) is 24.3 Å². The number of nitrogen functional groups attached to an aromatic ring is 1. The van der Waals surface area contributed by atoms with Crippen LogP contribution < -0.4 is 20.5 Å². The first kappa shape index (κ1) is 15.2. The lowest BCUT2D eigenvalue weighted by molar-refractivity contribution is 0.332. The van der Waals surface area contributed by atoms with Gasteiger partial charge in [0, 0.05) is 12.1 Å². The van der Waals surface area contributed by atoms with Crippen LogP contribution in [0.5, 0.6) is 11.5 Å². The molecule has 6 nitrogen and oxygen atoms in total. The van der Waals surface area contributed by atoms with E-state index in [0.717, 1.165) is 11.4 Å². The van der Waals surface area contributed by atoms with Crippen LogP contribution >= 0.6 is 11.6 Å². The molecule has 2 aromatic rings. The molecule has 1 aromatic heterocycles. The third-order valence-corrected chi connectivity index (χ3v) is 2.73. The van der Waals surface area contributed by atoms with Crippen molar-refractivity contribution in [3.8, 4) is 11.5 Å². The van der Waals surface area contributed by atoms with E-state index < -0.39 is 0 Å². The summed E-state index contributed by atoms with van der Waals surface area (Å²) in [6.45, 7) is 4.98. The quantitative estimate of drug-likeness (QED) is 0.797. The average molecular weight is 309 g/mol. The van der Waals surface area contributed by atoms with Crippen LogP contribution in [-0.2, 0) is 0 Å². The summed E-state index contributed by atoms with van der Waals surface area (Å²) in [7, 11) is 0. The minimum absolute atomic E-state index is 0.101. The molecule has 1 aromatic carbocycles. The Morgan fingerprint density at radius 1 is 1.14 bits per heavy atom. The maximum Gasteiger partial charge on any atom is 0.223 e. The van der Waals surface area contributed by atoms with Gasteiger partial charge < -0.3 is 20.5 Å². The van der Waals surface area contributed by atoms with E-state index in [1.54, 1.807) is 6.07 Å². The normalized spacial score (nSPS) is 10.2. The molecule has 0 saturated carbocycles. The number of aromatic nitrogens is 2. The molecule has 0 radical (unpaired) electrons. The first-order valence-corrected chi connectivity index (χ1v) is 6.97. The molecule has 0 amide bonds. The Hall–Kier alpha value is -2.21. The SMILES string of the molecule is CCOc1ccc(OCC)c(Nc2cc(Cl)nc(N)n2)c1. The summed E-state index contributed by atoms with van der Waals surface area (Å²) >= 11 is 5.87. The summed E-state index contributed by atoms with van der Waals surface area (Å²) in [5.74, 6) is 2.01. The van der Waals surface area contributed by atoms with Crippen LogP contribution in [0.3, 0.4) is 0 Å². The number of hydrogen-bond acceptors (Lipinski definition) is 6. The van der Waals surface area contributed by atoms with Gasteiger partial charge in [-0.05, 0) is 26.0 Å². The number of halogens is 1. The second kappa shape index (κ2) is 6.99. The van der Waals surface area contributed by atoms with Crippen LogP contribution in [-0.4, -0.2) is 23.2 Å². The van der Waals surface area contributed by atoms with E-state index in [-0.39, 0.29) is 11.1 Å². The highest BCUT2D eigenvalue weighted by Crippen LogP contribution is 2.32. The van der Waals surface area contributed by atoms with Gasteiger partial charge >= 0.3 is 0 Å². The predicted molar refractivity (Wildman–Crippen MR) is 83.5 cm³/mol. The number of benzene rings is 1. The fourth-order valence-electron chi connectivity index (χ4n) is 1.78. The van der Waals surface area contributed by atoms with Gasteiger partial charge in [0.15, 0.2) is 0 Å². The number of anilines is 3. The largest absolute Gasteiger partial charge is 0.494 e. The van der Waals surface area contributed by atoms with Gasteiger partial charge in [-0.2, -0.15) is 4.98 Å². The predicted octanol–water partition coefficient (Wildman–Crippen LogP) is 3.25. The van der Waals surface area contributed by atoms with Crippen LogP contribution in [0.15, 0.2) is 24.3 Å². The Labute approximate surface area is 128 Å². The number of nitrogens with two attached hydrogens (primary N) is 1. The standard InChI is InChI=1S/C14H17ClN4O2/c1-3-20-9-5-6-11(21-4-2)10(7-9)17-13-8-12(15)18-14(16)19-13/h5-8H,3-4H2,1-2H3,(H3,16,17,18,19). The van der Waals surface area contributed by atoms with Gasteiger partial charge in [0.2, 0.25) is 5.95 Å². The van der Waals surface area contributed by atoms with Gasteiger partial charge in [0.05, 0.1) is 18.9 Å². The molecule has 0 unspecified atom stereocenters. The van der Waals surface area contributed by atoms with Crippen LogP contribution in [0.4, 0.5) is 17.5 Å². The molecule has 0 spiro atoms. The Bertz CT molecular complexity index is 602. The van der Waals surface area contributed by atoms with E-state index in [0.29, 0.717) is 24.8 Å². The van der Waals surface area contributed by atoms with Crippen molar-refractivity contribution < 1.29 is 9.47 Å². The van der Waals surface area contributed by atoms with E-state index in [1.165, 1.54) is 0 Å². The van der Waals surface area contributed by atoms with Gasteiger partial charge in [-0.15, -0.1) is 0 Å². The maximum absolute atomic E-state index is 5.87. The molecule has 7 heteroatoms. The van der Waals surface area contributed by atoms with Crippen molar-refractivity contribution >= 4 is 29.1 Å². The molecule has 112 valence electrons. The third kappa shape index (κ3) is 4.13. The number of nitrogens with one attached hydrogen (secondary N) is 1. The zero-order valence-electron chi connectivity index (χ0n) is 11.9. The average Bonchev–Trinajstić information content (AvgIpc) is 2.41. The van der Waals surface area contributed by atoms with Gasteiger partial charge in [0.25, 0.3) is 0 Å². The minimum Gasteiger partial charge on any atom is -0.494 e. The molecular weight excluding hydrogens is 292 g/mol. The smallest absolute Gasteiger partial charge is 0.223 e. The van der Waals surface area contributed by atoms with E-state index >= 15 is 0 Å². The summed E-state index contributed by atoms with van der Waals surface area (Å²) in [6, 6.07) is 7.10. The summed E-state index contributed by atoms with van der Waals surface area (Å²) < 4.78 is 11.1. The van der Waals surface area contributed by atoms with Gasteiger partial charge in [-0.25, -0.2) is 4.98 Å². The highest BCUT2D eigenvalue weighted by atomic mass is 35.5. The number of rotatable bonds is 6. The lowest BCUT2D eigenvalue weighted by Crippen LogP contribution is -2.03. The van der Waals surface area contributed by atoms with Crippen molar-refractivity contribution in [1.29, 1.82) is 0 Å². The van der Waals surface area contributed by atoms with Crippen LogP contribution in [0.25, 0.3) is 0 Å². The van der Waals surface area contributed by atoms with Crippen LogP contribution in [0, 0.1) is 0 Å². The molecule has 21 heavy (non-hydrogen) atoms. The summed E-state index contributed by atoms with van der Waals surface area (Å²) in [5.41, 5.74) is 6.30. The minimum atomic E-state index is 0.101. The topological polar surface area (TPSA) is 82.3 Å². The van der Waals surface area contributed by atoms with Gasteiger partial charge in [-0.1, -0.05) is 11.6 Å². The summed E-state index contributed by atoms with van der Waals surface area (Å²) in [6.07, 6.45) is 0. The van der Waals surface area contributed by atoms with Crippen molar-refractivity contribution in [3.63, 3.8) is 0 Å². The Balaban J connectivity index is 2.32. The van der Waals surface area contributed by atoms with Gasteiger partial charge in [-0.3, -0.25) is 0 Å². The second-order valence-corrected chi connectivity index (χ2v) is 4.47. The van der Waals surface area contributed by atoms with E-state index in [2.05, 4.69) is 15.3 Å². The molecule has 3 N–H and O–H groups in total. The molecule has 0 aliphatic rings. The van der Waals surface area contributed by atoms with Crippen molar-refractivity contribution in [3.05, 3.63) is 29.4 Å². The number of nitrogens with zero attached hydrogens (tertiary/aromatic N) is 2. The zero-order chi connectivity index (χ0) is 15.2. The molecule has 0 atom stereocenters. The maximum atomic E-state index is 5.87. The molecular formula is C14H17ClN4O2. The Morgan fingerprint density at radius 3 is 2.57 bits per heavy atom. The first-order valence-electron chi connectivity index (χ1n) is 6.59. The lowest BCUT2D eigenvalue weighted by Gasteiger charge is -2.14. The molecule has 0 bridgehead atoms. The second-order valence-electron chi connectivity index (χ2n) is 4.08. The van der Waals surface area contributed by atoms with E-state index in [4.69, 9.17) is 26.8 Å². The van der Waals surface area contributed by atoms with Gasteiger partial charge in [0.1, 0.15) is 22.5 Å². The molecule has 0 saturated heterocycles. The first-order chi connectivity index (χ1) is 10.1. The van der Waals surface area contributed by atoms with Crippen LogP contribution in [0.2, 0.25) is 5.15 Å². The zero-order valence-corrected chi connectivity index (χ0v) is 12.6. The molecule has 0 aliphatic carbocycles. The molecule has 2 rings (SSSR count). The Kier molecular flexibility index (Phi) is 5.05. The summed E-state index contributed by atoms with van der Waals surface area (Å²) in [5, 5.41) is 3.38. The molecule has 0 fully saturated rings. The van der Waals surface area contributed by atoms with E-state index in [9.17, 15) is 0 Å². The van der Waals surface area contributed by atoms with Crippen molar-refractivity contribution in [2.45, 2.75) is 13.8 Å². The van der Waals surface area contributed by atoms with E-state index in [1.807, 2.05) is 32.0 Å². The summed E-state index contributed by atoms with van der Waals surface area (Å²) in [4.78, 5) is 7.90. The highest BCUT2D eigenvalue weighted by molar-refractivity contribution is 6.29. The van der Waals surface area contributed by atoms with Crippen LogP contribution in [0.1, 0.15) is 13.8 Å². The number of ether oxygens (including phenoxy) is 2. The highest BCUT2D eigenvalue weighted by Gasteiger charge is 2.08. The molecule has 1 heterocycles. The Morgan fingerprint density at radius 2 is 1.90 bits per heavy atom. The third-order valence-electron chi connectivity index (χ3n) is 2.54. The molecule has 0 aliphatic heterocycles. The fraction of sp³-hybridized carbons (Fsp3) is 0.286. The van der Waals surface area contributed by atoms with Crippen molar-refractivity contribution in [2.24, 2.45) is 0 Å². The van der Waals surface area contributed by atoms with Crippen molar-refractivity contribution in [1.82, 2.24) is 9.97 Å². The number of hydrogen-bond donors (Lipinski definition) is 2. The lowest BCUT2D eigenvalue weighted by atomic mass is 10.2.